The first-order valence-corrected chi connectivity index (χ1v) is 6.76. The van der Waals surface area contributed by atoms with Crippen LogP contribution in [0.15, 0.2) is 24.3 Å². The van der Waals surface area contributed by atoms with Gasteiger partial charge in [-0.25, -0.2) is 4.98 Å². The minimum Gasteiger partial charge on any atom is -0.349 e. The molecule has 0 saturated heterocycles. The van der Waals surface area contributed by atoms with Crippen molar-refractivity contribution in [2.24, 2.45) is 0 Å². The molecule has 4 nitrogen and oxygen atoms in total. The number of halogens is 1. The van der Waals surface area contributed by atoms with Crippen molar-refractivity contribution in [3.8, 4) is 0 Å². The zero-order valence-corrected chi connectivity index (χ0v) is 10.8. The number of alkyl halides is 1. The van der Waals surface area contributed by atoms with E-state index >= 15 is 0 Å². The number of aromatic nitrogens is 3. The summed E-state index contributed by atoms with van der Waals surface area (Å²) in [7, 11) is 0. The molecule has 94 valence electrons. The van der Waals surface area contributed by atoms with Crippen LogP contribution in [0.3, 0.4) is 0 Å². The predicted molar refractivity (Wildman–Crippen MR) is 72.9 cm³/mol. The summed E-state index contributed by atoms with van der Waals surface area (Å²) in [6.07, 6.45) is 4.55. The first kappa shape index (κ1) is 11.7. The van der Waals surface area contributed by atoms with Gasteiger partial charge >= 0.3 is 0 Å². The monoisotopic (exact) mass is 262 g/mol. The van der Waals surface area contributed by atoms with Crippen molar-refractivity contribution in [3.05, 3.63) is 24.3 Å². The molecular formula is C13H15ClN4. The summed E-state index contributed by atoms with van der Waals surface area (Å²) in [5, 5.41) is 11.7. The lowest BCUT2D eigenvalue weighted by Crippen LogP contribution is -2.33. The highest BCUT2D eigenvalue weighted by molar-refractivity contribution is 6.21. The third-order valence-corrected chi connectivity index (χ3v) is 3.88. The maximum atomic E-state index is 6.31. The van der Waals surface area contributed by atoms with E-state index in [9.17, 15) is 0 Å². The Bertz CT molecular complexity index is 545. The second-order valence-corrected chi connectivity index (χ2v) is 5.24. The van der Waals surface area contributed by atoms with Gasteiger partial charge in [-0.05, 0) is 25.0 Å². The van der Waals surface area contributed by atoms with Crippen LogP contribution in [0, 0.1) is 0 Å². The Morgan fingerprint density at radius 3 is 2.67 bits per heavy atom. The molecule has 1 aliphatic carbocycles. The van der Waals surface area contributed by atoms with Crippen LogP contribution in [-0.4, -0.2) is 26.6 Å². The summed E-state index contributed by atoms with van der Waals surface area (Å²) in [6.45, 7) is 0. The van der Waals surface area contributed by atoms with Crippen molar-refractivity contribution in [2.75, 3.05) is 5.32 Å². The lowest BCUT2D eigenvalue weighted by atomic mass is 9.95. The Balaban J connectivity index is 1.81. The Morgan fingerprint density at radius 2 is 1.83 bits per heavy atom. The Labute approximate surface area is 111 Å². The number of nitrogens with one attached hydrogen (secondary N) is 1. The van der Waals surface area contributed by atoms with Gasteiger partial charge in [0.05, 0.1) is 10.9 Å². The third kappa shape index (κ3) is 2.38. The Hall–Kier alpha value is -1.42. The predicted octanol–water partition coefficient (Wildman–Crippen LogP) is 2.99. The van der Waals surface area contributed by atoms with Crippen molar-refractivity contribution >= 4 is 28.6 Å². The van der Waals surface area contributed by atoms with Crippen molar-refractivity contribution < 1.29 is 0 Å². The molecule has 1 aromatic heterocycles. The van der Waals surface area contributed by atoms with Crippen LogP contribution in [0.2, 0.25) is 0 Å². The van der Waals surface area contributed by atoms with E-state index in [1.165, 1.54) is 12.8 Å². The standard InChI is InChI=1S/C13H15ClN4/c14-9-5-1-2-6-10(9)15-13-16-11-7-3-4-8-12(11)17-18-13/h3-4,7-10H,1-2,5-6H2,(H,15,16,18). The minimum absolute atomic E-state index is 0.161. The van der Waals surface area contributed by atoms with Gasteiger partial charge in [0, 0.05) is 6.04 Å². The van der Waals surface area contributed by atoms with E-state index < -0.39 is 0 Å². The fourth-order valence-electron chi connectivity index (χ4n) is 2.36. The summed E-state index contributed by atoms with van der Waals surface area (Å²) in [5.74, 6) is 0.575. The first-order chi connectivity index (χ1) is 8.83. The molecule has 2 unspecified atom stereocenters. The topological polar surface area (TPSA) is 50.7 Å². The summed E-state index contributed by atoms with van der Waals surface area (Å²) in [5.41, 5.74) is 1.67. The summed E-state index contributed by atoms with van der Waals surface area (Å²) >= 11 is 6.31. The van der Waals surface area contributed by atoms with E-state index in [1.54, 1.807) is 0 Å². The van der Waals surface area contributed by atoms with Crippen LogP contribution < -0.4 is 5.32 Å². The van der Waals surface area contributed by atoms with Crippen molar-refractivity contribution in [1.29, 1.82) is 0 Å². The Morgan fingerprint density at radius 1 is 1.06 bits per heavy atom. The molecule has 1 fully saturated rings. The molecule has 2 atom stereocenters. The van der Waals surface area contributed by atoms with E-state index in [4.69, 9.17) is 11.6 Å². The number of rotatable bonds is 2. The number of benzene rings is 1. The molecule has 1 aromatic carbocycles. The van der Waals surface area contributed by atoms with Crippen LogP contribution in [0.5, 0.6) is 0 Å². The lowest BCUT2D eigenvalue weighted by molar-refractivity contribution is 0.467. The van der Waals surface area contributed by atoms with Crippen molar-refractivity contribution in [1.82, 2.24) is 15.2 Å². The average molecular weight is 263 g/mol. The average Bonchev–Trinajstić information content (AvgIpc) is 2.41. The fraction of sp³-hybridized carbons (Fsp3) is 0.462. The van der Waals surface area contributed by atoms with E-state index in [1.807, 2.05) is 24.3 Å². The number of fused-ring (bicyclic) bond motifs is 1. The van der Waals surface area contributed by atoms with Gasteiger partial charge in [-0.15, -0.1) is 21.8 Å². The molecular weight excluding hydrogens is 248 g/mol. The van der Waals surface area contributed by atoms with Crippen LogP contribution >= 0.6 is 11.6 Å². The maximum absolute atomic E-state index is 6.31. The molecule has 1 N–H and O–H groups in total. The summed E-state index contributed by atoms with van der Waals surface area (Å²) in [4.78, 5) is 4.46. The van der Waals surface area contributed by atoms with Gasteiger partial charge in [0.25, 0.3) is 0 Å². The number of nitrogens with zero attached hydrogens (tertiary/aromatic N) is 3. The van der Waals surface area contributed by atoms with Gasteiger partial charge in [0.15, 0.2) is 0 Å². The second-order valence-electron chi connectivity index (χ2n) is 4.68. The normalized spacial score (nSPS) is 24.1. The van der Waals surface area contributed by atoms with Crippen LogP contribution in [0.25, 0.3) is 11.0 Å². The van der Waals surface area contributed by atoms with E-state index in [2.05, 4.69) is 20.5 Å². The molecule has 18 heavy (non-hydrogen) atoms. The zero-order chi connectivity index (χ0) is 12.4. The molecule has 3 rings (SSSR count). The lowest BCUT2D eigenvalue weighted by Gasteiger charge is -2.27. The number of para-hydroxylation sites is 1. The number of anilines is 1. The summed E-state index contributed by atoms with van der Waals surface area (Å²) < 4.78 is 0. The van der Waals surface area contributed by atoms with Crippen LogP contribution in [-0.2, 0) is 0 Å². The largest absolute Gasteiger partial charge is 0.349 e. The van der Waals surface area contributed by atoms with Gasteiger partial charge < -0.3 is 5.32 Å². The van der Waals surface area contributed by atoms with E-state index in [0.717, 1.165) is 23.9 Å². The molecule has 0 spiro atoms. The van der Waals surface area contributed by atoms with Gasteiger partial charge in [-0.1, -0.05) is 25.0 Å². The second kappa shape index (κ2) is 5.06. The smallest absolute Gasteiger partial charge is 0.243 e. The van der Waals surface area contributed by atoms with E-state index in [0.29, 0.717) is 5.95 Å². The highest BCUT2D eigenvalue weighted by atomic mass is 35.5. The molecule has 0 radical (unpaired) electrons. The van der Waals surface area contributed by atoms with Gasteiger partial charge in [0.1, 0.15) is 5.52 Å². The van der Waals surface area contributed by atoms with Gasteiger partial charge in [-0.3, -0.25) is 0 Å². The molecule has 0 aliphatic heterocycles. The molecule has 2 aromatic rings. The summed E-state index contributed by atoms with van der Waals surface area (Å²) in [6, 6.07) is 7.98. The van der Waals surface area contributed by atoms with Crippen LogP contribution in [0.1, 0.15) is 25.7 Å². The number of hydrogen-bond donors (Lipinski definition) is 1. The molecule has 0 bridgehead atoms. The van der Waals surface area contributed by atoms with Gasteiger partial charge in [0.2, 0.25) is 5.95 Å². The van der Waals surface area contributed by atoms with Crippen LogP contribution in [0.4, 0.5) is 5.95 Å². The molecule has 5 heteroatoms. The minimum atomic E-state index is 0.161. The quantitative estimate of drug-likeness (QED) is 0.846. The highest BCUT2D eigenvalue weighted by Crippen LogP contribution is 2.25. The molecule has 0 amide bonds. The maximum Gasteiger partial charge on any atom is 0.243 e. The first-order valence-electron chi connectivity index (χ1n) is 6.33. The number of hydrogen-bond acceptors (Lipinski definition) is 4. The highest BCUT2D eigenvalue weighted by Gasteiger charge is 2.23. The van der Waals surface area contributed by atoms with E-state index in [-0.39, 0.29) is 11.4 Å². The third-order valence-electron chi connectivity index (χ3n) is 3.36. The van der Waals surface area contributed by atoms with Crippen molar-refractivity contribution in [2.45, 2.75) is 37.1 Å². The van der Waals surface area contributed by atoms with Gasteiger partial charge in [-0.2, -0.15) is 0 Å². The SMILES string of the molecule is ClC1CCCCC1Nc1nnc2ccccc2n1. The fourth-order valence-corrected chi connectivity index (χ4v) is 2.70. The molecule has 1 saturated carbocycles. The molecule has 1 aliphatic rings. The Kier molecular flexibility index (Phi) is 3.28. The zero-order valence-electron chi connectivity index (χ0n) is 10.0. The van der Waals surface area contributed by atoms with Crippen molar-refractivity contribution in [3.63, 3.8) is 0 Å². The molecule has 1 heterocycles.